The molecule has 0 amide bonds. The molecule has 1 saturated heterocycles. The molecule has 3 aromatic rings. The summed E-state index contributed by atoms with van der Waals surface area (Å²) < 4.78 is 7.07. The number of aromatic amines is 1. The minimum absolute atomic E-state index is 0.338. The fourth-order valence-corrected chi connectivity index (χ4v) is 4.26. The van der Waals surface area contributed by atoms with Crippen molar-refractivity contribution in [3.05, 3.63) is 64.0 Å². The molecule has 1 fully saturated rings. The molecule has 0 aliphatic carbocycles. The zero-order valence-corrected chi connectivity index (χ0v) is 16.6. The zero-order chi connectivity index (χ0) is 17.9. The van der Waals surface area contributed by atoms with Gasteiger partial charge in [-0.15, -0.1) is 0 Å². The van der Waals surface area contributed by atoms with Crippen molar-refractivity contribution in [3.8, 4) is 0 Å². The third-order valence-corrected chi connectivity index (χ3v) is 5.70. The van der Waals surface area contributed by atoms with Crippen molar-refractivity contribution in [2.75, 3.05) is 13.2 Å². The molecular weight excluding hydrogens is 390 g/mol. The van der Waals surface area contributed by atoms with Crippen molar-refractivity contribution in [2.24, 2.45) is 0 Å². The molecule has 2 aromatic heterocycles. The van der Waals surface area contributed by atoms with Crippen LogP contribution >= 0.6 is 15.9 Å². The number of halogens is 1. The quantitative estimate of drug-likeness (QED) is 0.629. The average Bonchev–Trinajstić information content (AvgIpc) is 3.26. The van der Waals surface area contributed by atoms with Gasteiger partial charge in [-0.1, -0.05) is 28.1 Å². The van der Waals surface area contributed by atoms with Gasteiger partial charge in [-0.2, -0.15) is 0 Å². The van der Waals surface area contributed by atoms with Crippen molar-refractivity contribution in [2.45, 2.75) is 39.0 Å². The lowest BCUT2D eigenvalue weighted by molar-refractivity contribution is 0.0675. The molecule has 4 rings (SSSR count). The predicted molar refractivity (Wildman–Crippen MR) is 108 cm³/mol. The van der Waals surface area contributed by atoms with Gasteiger partial charge in [0.15, 0.2) is 0 Å². The smallest absolute Gasteiger partial charge is 0.0703 e. The van der Waals surface area contributed by atoms with Crippen LogP contribution in [0.3, 0.4) is 0 Å². The topological polar surface area (TPSA) is 41.2 Å². The van der Waals surface area contributed by atoms with Gasteiger partial charge in [0.25, 0.3) is 0 Å². The van der Waals surface area contributed by atoms with E-state index in [-0.39, 0.29) is 0 Å². The molecule has 0 saturated carbocycles. The second-order valence-electron chi connectivity index (χ2n) is 7.16. The molecule has 1 N–H and O–H groups in total. The maximum Gasteiger partial charge on any atom is 0.0703 e. The highest BCUT2D eigenvalue weighted by Gasteiger charge is 2.20. The number of benzene rings is 1. The van der Waals surface area contributed by atoms with Gasteiger partial charge in [-0.05, 0) is 49.1 Å². The second kappa shape index (κ2) is 7.91. The summed E-state index contributed by atoms with van der Waals surface area (Å²) in [5, 5.41) is 1.16. The number of aryl methyl sites for hydroxylation is 1. The SMILES string of the molecule is Cc1ccc(CN(Cc2cc3cnccc3[nH]2)CC2CCCO2)c(Br)c1. The van der Waals surface area contributed by atoms with E-state index in [9.17, 15) is 0 Å². The highest BCUT2D eigenvalue weighted by atomic mass is 79.9. The van der Waals surface area contributed by atoms with E-state index in [1.165, 1.54) is 27.7 Å². The van der Waals surface area contributed by atoms with Gasteiger partial charge in [0.2, 0.25) is 0 Å². The summed E-state index contributed by atoms with van der Waals surface area (Å²) in [5.41, 5.74) is 4.94. The number of fused-ring (bicyclic) bond motifs is 1. The van der Waals surface area contributed by atoms with Gasteiger partial charge in [-0.25, -0.2) is 0 Å². The van der Waals surface area contributed by atoms with Gasteiger partial charge in [-0.3, -0.25) is 9.88 Å². The van der Waals surface area contributed by atoms with Crippen LogP contribution in [0.15, 0.2) is 47.2 Å². The molecule has 1 atom stereocenters. The third kappa shape index (κ3) is 4.17. The van der Waals surface area contributed by atoms with Gasteiger partial charge < -0.3 is 9.72 Å². The summed E-state index contributed by atoms with van der Waals surface area (Å²) >= 11 is 3.73. The lowest BCUT2D eigenvalue weighted by Crippen LogP contribution is -2.31. The van der Waals surface area contributed by atoms with Gasteiger partial charge in [0.05, 0.1) is 6.10 Å². The van der Waals surface area contributed by atoms with Crippen molar-refractivity contribution < 1.29 is 4.74 Å². The van der Waals surface area contributed by atoms with E-state index in [4.69, 9.17) is 4.74 Å². The summed E-state index contributed by atoms with van der Waals surface area (Å²) in [6.07, 6.45) is 6.41. The first kappa shape index (κ1) is 17.7. The molecule has 5 heteroatoms. The summed E-state index contributed by atoms with van der Waals surface area (Å²) in [6.45, 7) is 5.74. The Hall–Kier alpha value is -1.69. The van der Waals surface area contributed by atoms with E-state index < -0.39 is 0 Å². The number of nitrogens with one attached hydrogen (secondary N) is 1. The van der Waals surface area contributed by atoms with Gasteiger partial charge in [0.1, 0.15) is 0 Å². The summed E-state index contributed by atoms with van der Waals surface area (Å²) in [5.74, 6) is 0. The highest BCUT2D eigenvalue weighted by molar-refractivity contribution is 9.10. The van der Waals surface area contributed by atoms with Crippen LogP contribution in [-0.4, -0.2) is 34.1 Å². The fourth-order valence-electron chi connectivity index (χ4n) is 3.64. The number of pyridine rings is 1. The number of aromatic nitrogens is 2. The molecular formula is C21H24BrN3O. The summed E-state index contributed by atoms with van der Waals surface area (Å²) in [6, 6.07) is 10.8. The minimum Gasteiger partial charge on any atom is -0.377 e. The molecule has 136 valence electrons. The molecule has 0 spiro atoms. The Kier molecular flexibility index (Phi) is 5.38. The van der Waals surface area contributed by atoms with E-state index in [0.717, 1.165) is 43.6 Å². The van der Waals surface area contributed by atoms with Crippen LogP contribution in [0.5, 0.6) is 0 Å². The number of nitrogens with zero attached hydrogens (tertiary/aromatic N) is 2. The molecule has 1 aromatic carbocycles. The number of rotatable bonds is 6. The largest absolute Gasteiger partial charge is 0.377 e. The fraction of sp³-hybridized carbons (Fsp3) is 0.381. The molecule has 0 bridgehead atoms. The predicted octanol–water partition coefficient (Wildman–Crippen LogP) is 4.82. The van der Waals surface area contributed by atoms with Crippen LogP contribution in [0.2, 0.25) is 0 Å². The maximum absolute atomic E-state index is 5.89. The van der Waals surface area contributed by atoms with Crippen LogP contribution in [0.1, 0.15) is 29.7 Å². The van der Waals surface area contributed by atoms with Crippen molar-refractivity contribution in [1.29, 1.82) is 0 Å². The van der Waals surface area contributed by atoms with E-state index >= 15 is 0 Å². The Balaban J connectivity index is 1.54. The van der Waals surface area contributed by atoms with Crippen molar-refractivity contribution >= 4 is 26.8 Å². The van der Waals surface area contributed by atoms with E-state index in [0.29, 0.717) is 6.10 Å². The lowest BCUT2D eigenvalue weighted by Gasteiger charge is -2.25. The zero-order valence-electron chi connectivity index (χ0n) is 15.0. The standard InChI is InChI=1S/C21H24BrN3O/c1-15-4-5-16(20(22)9-15)12-25(14-19-3-2-8-26-19)13-18-10-17-11-23-7-6-21(17)24-18/h4-7,9-11,19,24H,2-3,8,12-14H2,1H3. The second-order valence-corrected chi connectivity index (χ2v) is 8.01. The van der Waals surface area contributed by atoms with Crippen LogP contribution in [0.4, 0.5) is 0 Å². The number of hydrogen-bond acceptors (Lipinski definition) is 3. The van der Waals surface area contributed by atoms with E-state index in [1.807, 2.05) is 18.5 Å². The van der Waals surface area contributed by atoms with Gasteiger partial charge in [0, 0.05) is 59.7 Å². The molecule has 4 nitrogen and oxygen atoms in total. The van der Waals surface area contributed by atoms with Crippen molar-refractivity contribution in [3.63, 3.8) is 0 Å². The molecule has 3 heterocycles. The first-order valence-corrected chi connectivity index (χ1v) is 9.97. The molecule has 1 aliphatic rings. The van der Waals surface area contributed by atoms with E-state index in [1.54, 1.807) is 0 Å². The average molecular weight is 414 g/mol. The minimum atomic E-state index is 0.338. The Morgan fingerprint density at radius 3 is 2.96 bits per heavy atom. The van der Waals surface area contributed by atoms with Crippen molar-refractivity contribution in [1.82, 2.24) is 14.9 Å². The lowest BCUT2D eigenvalue weighted by atomic mass is 10.1. The first-order chi connectivity index (χ1) is 12.7. The normalized spacial score (nSPS) is 17.4. The number of hydrogen-bond donors (Lipinski definition) is 1. The summed E-state index contributed by atoms with van der Waals surface area (Å²) in [7, 11) is 0. The molecule has 26 heavy (non-hydrogen) atoms. The Morgan fingerprint density at radius 2 is 2.19 bits per heavy atom. The van der Waals surface area contributed by atoms with Crippen LogP contribution < -0.4 is 0 Å². The van der Waals surface area contributed by atoms with Crippen LogP contribution in [0.25, 0.3) is 10.9 Å². The molecule has 1 aliphatic heterocycles. The Morgan fingerprint density at radius 1 is 1.27 bits per heavy atom. The molecule has 0 radical (unpaired) electrons. The number of ether oxygens (including phenoxy) is 1. The highest BCUT2D eigenvalue weighted by Crippen LogP contribution is 2.23. The molecule has 1 unspecified atom stereocenters. The maximum atomic E-state index is 5.89. The third-order valence-electron chi connectivity index (χ3n) is 4.96. The van der Waals surface area contributed by atoms with Crippen LogP contribution in [-0.2, 0) is 17.8 Å². The van der Waals surface area contributed by atoms with Gasteiger partial charge >= 0.3 is 0 Å². The summed E-state index contributed by atoms with van der Waals surface area (Å²) in [4.78, 5) is 10.2. The Bertz CT molecular complexity index is 853. The number of H-pyrrole nitrogens is 1. The monoisotopic (exact) mass is 413 g/mol. The Labute approximate surface area is 162 Å². The first-order valence-electron chi connectivity index (χ1n) is 9.18. The van der Waals surface area contributed by atoms with Crippen LogP contribution in [0, 0.1) is 6.92 Å². The van der Waals surface area contributed by atoms with E-state index in [2.05, 4.69) is 62.0 Å².